The molecule has 0 amide bonds. The van der Waals surface area contributed by atoms with Crippen molar-refractivity contribution < 1.29 is 4.74 Å². The third-order valence-electron chi connectivity index (χ3n) is 2.21. The molecule has 1 N–H and O–H groups in total. The number of hydrogen-bond donors (Lipinski definition) is 1. The average Bonchev–Trinajstić information content (AvgIpc) is 2.28. The normalized spacial score (nSPS) is 10.5. The fourth-order valence-electron chi connectivity index (χ4n) is 1.45. The number of nitrogens with one attached hydrogen (secondary N) is 1. The second kappa shape index (κ2) is 8.25. The molecule has 1 heterocycles. The first-order valence-corrected chi connectivity index (χ1v) is 6.49. The van der Waals surface area contributed by atoms with Crippen LogP contribution in [0.5, 0.6) is 0 Å². The lowest BCUT2D eigenvalue weighted by atomic mass is 10.2. The summed E-state index contributed by atoms with van der Waals surface area (Å²) in [6.45, 7) is 6.42. The summed E-state index contributed by atoms with van der Waals surface area (Å²) in [4.78, 5) is 8.53. The monoisotopic (exact) mass is 257 g/mol. The molecule has 96 valence electrons. The number of halogens is 1. The van der Waals surface area contributed by atoms with Crippen molar-refractivity contribution in [3.8, 4) is 0 Å². The molecule has 0 radical (unpaired) electrons. The van der Waals surface area contributed by atoms with Crippen LogP contribution < -0.4 is 5.32 Å². The van der Waals surface area contributed by atoms with E-state index < -0.39 is 0 Å². The number of ether oxygens (including phenoxy) is 1. The zero-order valence-corrected chi connectivity index (χ0v) is 11.3. The zero-order valence-electron chi connectivity index (χ0n) is 10.5. The summed E-state index contributed by atoms with van der Waals surface area (Å²) in [5, 5.41) is 3.65. The molecule has 0 spiro atoms. The van der Waals surface area contributed by atoms with Gasteiger partial charge in [0.05, 0.1) is 0 Å². The first-order valence-electron chi connectivity index (χ1n) is 6.11. The Morgan fingerprint density at radius 2 is 2.18 bits per heavy atom. The maximum absolute atomic E-state index is 5.93. The molecular formula is C12H20ClN3O. The van der Waals surface area contributed by atoms with E-state index in [9.17, 15) is 0 Å². The van der Waals surface area contributed by atoms with Crippen LogP contribution in [0, 0.1) is 0 Å². The highest BCUT2D eigenvalue weighted by Crippen LogP contribution is 2.11. The first kappa shape index (κ1) is 14.2. The number of rotatable bonds is 8. The topological polar surface area (TPSA) is 47.0 Å². The Morgan fingerprint density at radius 1 is 1.35 bits per heavy atom. The lowest BCUT2D eigenvalue weighted by molar-refractivity contribution is 0.147. The summed E-state index contributed by atoms with van der Waals surface area (Å²) < 4.78 is 5.25. The number of aromatic nitrogens is 2. The van der Waals surface area contributed by atoms with E-state index in [1.165, 1.54) is 0 Å². The number of nitrogens with zero attached hydrogens (tertiary/aromatic N) is 2. The van der Waals surface area contributed by atoms with E-state index in [-0.39, 0.29) is 0 Å². The van der Waals surface area contributed by atoms with Crippen molar-refractivity contribution in [2.75, 3.05) is 25.1 Å². The lowest BCUT2D eigenvalue weighted by Crippen LogP contribution is -2.09. The predicted molar refractivity (Wildman–Crippen MR) is 70.6 cm³/mol. The Balaban J connectivity index is 2.41. The lowest BCUT2D eigenvalue weighted by Gasteiger charge is -2.07. The molecule has 0 saturated carbocycles. The summed E-state index contributed by atoms with van der Waals surface area (Å²) in [7, 11) is 0. The molecule has 1 aromatic heterocycles. The molecule has 0 aromatic carbocycles. The predicted octanol–water partition coefficient (Wildman–Crippen LogP) is 2.92. The molecule has 0 saturated heterocycles. The molecule has 0 aliphatic carbocycles. The summed E-state index contributed by atoms with van der Waals surface area (Å²) in [5.41, 5.74) is 0.986. The van der Waals surface area contributed by atoms with Gasteiger partial charge in [0.25, 0.3) is 0 Å². The van der Waals surface area contributed by atoms with Crippen LogP contribution in [0.2, 0.25) is 5.15 Å². The van der Waals surface area contributed by atoms with Crippen molar-refractivity contribution in [3.63, 3.8) is 0 Å². The Hall–Kier alpha value is -0.870. The number of anilines is 1. The van der Waals surface area contributed by atoms with Gasteiger partial charge in [0.15, 0.2) is 0 Å². The van der Waals surface area contributed by atoms with E-state index in [0.717, 1.165) is 44.7 Å². The maximum atomic E-state index is 5.93. The Labute approximate surface area is 108 Å². The van der Waals surface area contributed by atoms with Crippen molar-refractivity contribution in [2.45, 2.75) is 33.1 Å². The van der Waals surface area contributed by atoms with Gasteiger partial charge in [0.2, 0.25) is 5.95 Å². The second-order valence-electron chi connectivity index (χ2n) is 3.73. The minimum absolute atomic E-state index is 0.496. The van der Waals surface area contributed by atoms with E-state index in [4.69, 9.17) is 16.3 Å². The quantitative estimate of drug-likeness (QED) is 0.575. The van der Waals surface area contributed by atoms with Gasteiger partial charge in [-0.05, 0) is 25.8 Å². The molecule has 17 heavy (non-hydrogen) atoms. The van der Waals surface area contributed by atoms with E-state index >= 15 is 0 Å². The van der Waals surface area contributed by atoms with Gasteiger partial charge in [0.1, 0.15) is 5.15 Å². The van der Waals surface area contributed by atoms with E-state index in [1.54, 1.807) is 0 Å². The summed E-state index contributed by atoms with van der Waals surface area (Å²) in [5.74, 6) is 0.609. The number of hydrogen-bond acceptors (Lipinski definition) is 4. The molecule has 0 aliphatic rings. The van der Waals surface area contributed by atoms with Gasteiger partial charge in [-0.25, -0.2) is 9.97 Å². The SMILES string of the molecule is CCCc1cc(Cl)nc(NCCCOCC)n1. The Bertz CT molecular complexity index is 334. The highest BCUT2D eigenvalue weighted by atomic mass is 35.5. The van der Waals surface area contributed by atoms with Crippen molar-refractivity contribution in [1.29, 1.82) is 0 Å². The van der Waals surface area contributed by atoms with Gasteiger partial charge < -0.3 is 10.1 Å². The van der Waals surface area contributed by atoms with Gasteiger partial charge in [-0.1, -0.05) is 24.9 Å². The fraction of sp³-hybridized carbons (Fsp3) is 0.667. The smallest absolute Gasteiger partial charge is 0.224 e. The standard InChI is InChI=1S/C12H20ClN3O/c1-3-6-10-9-11(13)16-12(15-10)14-7-5-8-17-4-2/h9H,3-8H2,1-2H3,(H,14,15,16). The minimum Gasteiger partial charge on any atom is -0.382 e. The minimum atomic E-state index is 0.496. The molecule has 0 unspecified atom stereocenters. The third-order valence-corrected chi connectivity index (χ3v) is 2.40. The molecule has 0 bridgehead atoms. The van der Waals surface area contributed by atoms with Crippen molar-refractivity contribution in [1.82, 2.24) is 9.97 Å². The Kier molecular flexibility index (Phi) is 6.89. The molecule has 1 rings (SSSR count). The number of aryl methyl sites for hydroxylation is 1. The Morgan fingerprint density at radius 3 is 2.88 bits per heavy atom. The summed E-state index contributed by atoms with van der Waals surface area (Å²) >= 11 is 5.93. The van der Waals surface area contributed by atoms with Gasteiger partial charge in [0, 0.05) is 25.5 Å². The fourth-order valence-corrected chi connectivity index (χ4v) is 1.65. The van der Waals surface area contributed by atoms with Crippen LogP contribution in [0.4, 0.5) is 5.95 Å². The van der Waals surface area contributed by atoms with Gasteiger partial charge in [-0.3, -0.25) is 0 Å². The second-order valence-corrected chi connectivity index (χ2v) is 4.12. The maximum Gasteiger partial charge on any atom is 0.224 e. The third kappa shape index (κ3) is 5.84. The molecule has 0 fully saturated rings. The molecular weight excluding hydrogens is 238 g/mol. The van der Waals surface area contributed by atoms with Gasteiger partial charge in [-0.15, -0.1) is 0 Å². The van der Waals surface area contributed by atoms with Crippen LogP contribution in [0.1, 0.15) is 32.4 Å². The zero-order chi connectivity index (χ0) is 12.5. The molecule has 0 atom stereocenters. The largest absolute Gasteiger partial charge is 0.382 e. The van der Waals surface area contributed by atoms with Crippen molar-refractivity contribution >= 4 is 17.5 Å². The van der Waals surface area contributed by atoms with Gasteiger partial charge in [-0.2, -0.15) is 0 Å². The molecule has 5 heteroatoms. The van der Waals surface area contributed by atoms with Crippen molar-refractivity contribution in [2.24, 2.45) is 0 Å². The van der Waals surface area contributed by atoms with Crippen LogP contribution in [0.15, 0.2) is 6.07 Å². The summed E-state index contributed by atoms with van der Waals surface area (Å²) in [6.07, 6.45) is 2.92. The molecule has 4 nitrogen and oxygen atoms in total. The van der Waals surface area contributed by atoms with Gasteiger partial charge >= 0.3 is 0 Å². The van der Waals surface area contributed by atoms with Crippen molar-refractivity contribution in [3.05, 3.63) is 16.9 Å². The van der Waals surface area contributed by atoms with Crippen LogP contribution in [0.25, 0.3) is 0 Å². The molecule has 0 aliphatic heterocycles. The van der Waals surface area contributed by atoms with E-state index in [0.29, 0.717) is 11.1 Å². The van der Waals surface area contributed by atoms with Crippen LogP contribution in [0.3, 0.4) is 0 Å². The van der Waals surface area contributed by atoms with E-state index in [1.807, 2.05) is 13.0 Å². The molecule has 1 aromatic rings. The van der Waals surface area contributed by atoms with Crippen LogP contribution >= 0.6 is 11.6 Å². The highest BCUT2D eigenvalue weighted by Gasteiger charge is 2.02. The van der Waals surface area contributed by atoms with E-state index in [2.05, 4.69) is 22.2 Å². The van der Waals surface area contributed by atoms with Crippen LogP contribution in [-0.4, -0.2) is 29.7 Å². The highest BCUT2D eigenvalue weighted by molar-refractivity contribution is 6.29. The first-order chi connectivity index (χ1) is 8.26. The summed E-state index contributed by atoms with van der Waals surface area (Å²) in [6, 6.07) is 1.82. The average molecular weight is 258 g/mol. The van der Waals surface area contributed by atoms with Crippen LogP contribution in [-0.2, 0) is 11.2 Å².